The summed E-state index contributed by atoms with van der Waals surface area (Å²) in [5.74, 6) is -1.13. The highest BCUT2D eigenvalue weighted by Gasteiger charge is 2.39. The molecule has 1 fully saturated rings. The fraction of sp³-hybridized carbons (Fsp3) is 0.571. The summed E-state index contributed by atoms with van der Waals surface area (Å²) >= 11 is 0. The molecular formula is C21H26F3N3O6. The van der Waals surface area contributed by atoms with Crippen molar-refractivity contribution < 1.29 is 41.8 Å². The highest BCUT2D eigenvalue weighted by Crippen LogP contribution is 2.32. The lowest BCUT2D eigenvalue weighted by Gasteiger charge is -2.42. The van der Waals surface area contributed by atoms with Gasteiger partial charge in [-0.3, -0.25) is 14.4 Å². The molecule has 2 aliphatic heterocycles. The maximum Gasteiger partial charge on any atom is 0.405 e. The van der Waals surface area contributed by atoms with E-state index >= 15 is 0 Å². The Kier molecular flexibility index (Phi) is 7.80. The SMILES string of the molecule is COCC(=O)Nc1ccc2c(c1)C(=O)N(C)[C@@H]1CC[C@H](CC(=O)NCC(F)(F)F)O[C@H]1CO2. The summed E-state index contributed by atoms with van der Waals surface area (Å²) < 4.78 is 53.4. The van der Waals surface area contributed by atoms with Crippen LogP contribution in [0.3, 0.4) is 0 Å². The average molecular weight is 473 g/mol. The molecule has 9 nitrogen and oxygen atoms in total. The third-order valence-corrected chi connectivity index (χ3v) is 5.47. The van der Waals surface area contributed by atoms with E-state index in [4.69, 9.17) is 14.2 Å². The number of anilines is 1. The van der Waals surface area contributed by atoms with Crippen molar-refractivity contribution in [2.24, 2.45) is 0 Å². The number of hydrogen-bond donors (Lipinski definition) is 2. The van der Waals surface area contributed by atoms with Gasteiger partial charge < -0.3 is 29.7 Å². The van der Waals surface area contributed by atoms with Crippen LogP contribution in [0.2, 0.25) is 0 Å². The van der Waals surface area contributed by atoms with Crippen LogP contribution in [-0.2, 0) is 19.1 Å². The maximum atomic E-state index is 13.1. The molecule has 3 amide bonds. The van der Waals surface area contributed by atoms with Gasteiger partial charge in [-0.05, 0) is 31.0 Å². The fourth-order valence-electron chi connectivity index (χ4n) is 3.91. The maximum absolute atomic E-state index is 13.1. The first-order valence-electron chi connectivity index (χ1n) is 10.4. The van der Waals surface area contributed by atoms with E-state index in [1.54, 1.807) is 19.2 Å². The van der Waals surface area contributed by atoms with Gasteiger partial charge in [-0.25, -0.2) is 0 Å². The topological polar surface area (TPSA) is 106 Å². The summed E-state index contributed by atoms with van der Waals surface area (Å²) in [4.78, 5) is 38.3. The molecule has 0 bridgehead atoms. The molecule has 0 aromatic heterocycles. The number of hydrogen-bond acceptors (Lipinski definition) is 6. The monoisotopic (exact) mass is 473 g/mol. The second-order valence-electron chi connectivity index (χ2n) is 7.96. The van der Waals surface area contributed by atoms with E-state index in [0.717, 1.165) is 0 Å². The summed E-state index contributed by atoms with van der Waals surface area (Å²) in [5.41, 5.74) is 0.697. The average Bonchev–Trinajstić information content (AvgIpc) is 2.75. The number of ether oxygens (including phenoxy) is 3. The van der Waals surface area contributed by atoms with Crippen molar-refractivity contribution in [3.05, 3.63) is 23.8 Å². The van der Waals surface area contributed by atoms with E-state index in [-0.39, 0.29) is 43.1 Å². The summed E-state index contributed by atoms with van der Waals surface area (Å²) in [7, 11) is 3.03. The van der Waals surface area contributed by atoms with Crippen LogP contribution in [0.1, 0.15) is 29.6 Å². The van der Waals surface area contributed by atoms with Crippen LogP contribution < -0.4 is 15.4 Å². The van der Waals surface area contributed by atoms with Gasteiger partial charge in [0.05, 0.1) is 24.1 Å². The number of benzene rings is 1. The molecule has 1 saturated heterocycles. The Balaban J connectivity index is 1.67. The zero-order valence-corrected chi connectivity index (χ0v) is 18.2. The molecule has 0 radical (unpaired) electrons. The van der Waals surface area contributed by atoms with Crippen molar-refractivity contribution >= 4 is 23.4 Å². The van der Waals surface area contributed by atoms with Gasteiger partial charge >= 0.3 is 6.18 Å². The Labute approximate surface area is 188 Å². The van der Waals surface area contributed by atoms with Crippen LogP contribution in [0.4, 0.5) is 18.9 Å². The lowest BCUT2D eigenvalue weighted by molar-refractivity contribution is -0.144. The molecule has 33 heavy (non-hydrogen) atoms. The van der Waals surface area contributed by atoms with Crippen molar-refractivity contribution in [3.8, 4) is 5.75 Å². The number of carbonyl (C=O) groups is 3. The highest BCUT2D eigenvalue weighted by molar-refractivity contribution is 6.00. The number of nitrogens with one attached hydrogen (secondary N) is 2. The van der Waals surface area contributed by atoms with Crippen molar-refractivity contribution in [1.82, 2.24) is 10.2 Å². The molecule has 182 valence electrons. The van der Waals surface area contributed by atoms with E-state index in [0.29, 0.717) is 24.3 Å². The van der Waals surface area contributed by atoms with Crippen LogP contribution >= 0.6 is 0 Å². The molecule has 2 heterocycles. The van der Waals surface area contributed by atoms with Gasteiger partial charge in [-0.15, -0.1) is 0 Å². The molecule has 0 aliphatic carbocycles. The van der Waals surface area contributed by atoms with Crippen molar-refractivity contribution in [3.63, 3.8) is 0 Å². The second-order valence-corrected chi connectivity index (χ2v) is 7.96. The third-order valence-electron chi connectivity index (χ3n) is 5.47. The van der Waals surface area contributed by atoms with E-state index in [1.807, 2.05) is 5.32 Å². The molecule has 3 atom stereocenters. The molecule has 12 heteroatoms. The smallest absolute Gasteiger partial charge is 0.405 e. The number of nitrogens with zero attached hydrogens (tertiary/aromatic N) is 1. The summed E-state index contributed by atoms with van der Waals surface area (Å²) in [6.45, 7) is -1.43. The van der Waals surface area contributed by atoms with Crippen LogP contribution in [0, 0.1) is 0 Å². The molecule has 2 N–H and O–H groups in total. The minimum Gasteiger partial charge on any atom is -0.490 e. The first kappa shape index (κ1) is 24.8. The van der Waals surface area contributed by atoms with E-state index in [2.05, 4.69) is 5.32 Å². The Morgan fingerprint density at radius 2 is 2.00 bits per heavy atom. The summed E-state index contributed by atoms with van der Waals surface area (Å²) in [5, 5.41) is 4.48. The molecule has 2 aliphatic rings. The minimum absolute atomic E-state index is 0.0886. The van der Waals surface area contributed by atoms with Crippen molar-refractivity contribution in [2.45, 2.75) is 43.7 Å². The van der Waals surface area contributed by atoms with Crippen LogP contribution in [0.5, 0.6) is 5.75 Å². The van der Waals surface area contributed by atoms with Gasteiger partial charge in [0, 0.05) is 19.8 Å². The van der Waals surface area contributed by atoms with Gasteiger partial charge in [0.15, 0.2) is 0 Å². The number of amides is 3. The largest absolute Gasteiger partial charge is 0.490 e. The van der Waals surface area contributed by atoms with E-state index in [1.165, 1.54) is 18.1 Å². The number of likely N-dealkylation sites (N-methyl/N-ethyl adjacent to an activating group) is 1. The Hall–Kier alpha value is -2.86. The van der Waals surface area contributed by atoms with Gasteiger partial charge in [0.2, 0.25) is 11.8 Å². The highest BCUT2D eigenvalue weighted by atomic mass is 19.4. The van der Waals surface area contributed by atoms with Crippen molar-refractivity contribution in [2.75, 3.05) is 39.2 Å². The van der Waals surface area contributed by atoms with Gasteiger partial charge in [0.1, 0.15) is 31.6 Å². The Morgan fingerprint density at radius 1 is 1.24 bits per heavy atom. The number of alkyl halides is 3. The molecule has 0 unspecified atom stereocenters. The van der Waals surface area contributed by atoms with Gasteiger partial charge in [0.25, 0.3) is 5.91 Å². The summed E-state index contributed by atoms with van der Waals surface area (Å²) in [6.07, 6.45) is -4.93. The molecule has 1 aromatic carbocycles. The molecule has 3 rings (SSSR count). The molecular weight excluding hydrogens is 447 g/mol. The predicted octanol–water partition coefficient (Wildman–Crippen LogP) is 1.72. The lowest BCUT2D eigenvalue weighted by Crippen LogP contribution is -2.54. The van der Waals surface area contributed by atoms with E-state index < -0.39 is 30.8 Å². The number of methoxy groups -OCH3 is 1. The van der Waals surface area contributed by atoms with Crippen LogP contribution in [0.25, 0.3) is 0 Å². The fourth-order valence-corrected chi connectivity index (χ4v) is 3.91. The summed E-state index contributed by atoms with van der Waals surface area (Å²) in [6, 6.07) is 4.34. The zero-order chi connectivity index (χ0) is 24.2. The third kappa shape index (κ3) is 6.57. The Morgan fingerprint density at radius 3 is 2.70 bits per heavy atom. The quantitative estimate of drug-likeness (QED) is 0.652. The number of carbonyl (C=O) groups excluding carboxylic acids is 3. The molecule has 0 saturated carbocycles. The van der Waals surface area contributed by atoms with Gasteiger partial charge in [-0.2, -0.15) is 13.2 Å². The zero-order valence-electron chi connectivity index (χ0n) is 18.2. The normalized spacial score (nSPS) is 22.9. The first-order chi connectivity index (χ1) is 15.6. The number of fused-ring (bicyclic) bond motifs is 2. The number of rotatable bonds is 6. The molecule has 1 aromatic rings. The van der Waals surface area contributed by atoms with Crippen LogP contribution in [0.15, 0.2) is 18.2 Å². The Bertz CT molecular complexity index is 894. The standard InChI is InChI=1S/C21H26F3N3O6/c1-27-15-5-4-13(8-18(28)25-11-21(22,23)24)33-17(15)9-32-16-6-3-12(7-14(16)20(27)30)26-19(29)10-31-2/h3,6-7,13,15,17H,4-5,8-11H2,1-2H3,(H,25,28)(H,26,29)/t13-,15-,17+/m1/s1. The first-order valence-corrected chi connectivity index (χ1v) is 10.4. The van der Waals surface area contributed by atoms with Crippen molar-refractivity contribution in [1.29, 1.82) is 0 Å². The van der Waals surface area contributed by atoms with E-state index in [9.17, 15) is 27.6 Å². The lowest BCUT2D eigenvalue weighted by atomic mass is 9.94. The minimum atomic E-state index is -4.48. The predicted molar refractivity (Wildman–Crippen MR) is 110 cm³/mol. The molecule has 0 spiro atoms. The second kappa shape index (κ2) is 10.4. The van der Waals surface area contributed by atoms with Gasteiger partial charge in [-0.1, -0.05) is 0 Å². The van der Waals surface area contributed by atoms with Crippen LogP contribution in [-0.4, -0.2) is 81.0 Å². The number of halogens is 3.